The van der Waals surface area contributed by atoms with E-state index in [-0.39, 0.29) is 18.0 Å². The number of methoxy groups -OCH3 is 2. The van der Waals surface area contributed by atoms with Crippen molar-refractivity contribution in [2.24, 2.45) is 5.92 Å². The third-order valence-corrected chi connectivity index (χ3v) is 10.8. The molecule has 1 N–H and O–H groups in total. The van der Waals surface area contributed by atoms with Crippen LogP contribution in [0.25, 0.3) is 33.6 Å². The van der Waals surface area contributed by atoms with Crippen molar-refractivity contribution in [3.8, 4) is 45.4 Å². The lowest BCUT2D eigenvalue weighted by Crippen LogP contribution is -2.51. The SMILES string of the molecule is COc1nc(-c2cccc(-c3cccc(-c4cc5c(c(OC)n4)[C@@H](N4CC(O)C4)CC5)c3F)c2Cl)cc2c1[C@H](N1CC(C)C1)CC2. The molecular formula is C37H38ClFN4O3. The van der Waals surface area contributed by atoms with Gasteiger partial charge in [0.2, 0.25) is 11.8 Å². The predicted molar refractivity (Wildman–Crippen MR) is 177 cm³/mol. The normalized spacial score (nSPS) is 21.5. The van der Waals surface area contributed by atoms with Crippen LogP contribution in [0, 0.1) is 11.7 Å². The Morgan fingerprint density at radius 1 is 0.761 bits per heavy atom. The second-order valence-electron chi connectivity index (χ2n) is 13.3. The van der Waals surface area contributed by atoms with Gasteiger partial charge in [-0.25, -0.2) is 14.4 Å². The Bertz CT molecular complexity index is 1710. The first-order valence-electron chi connectivity index (χ1n) is 16.2. The molecule has 0 unspecified atom stereocenters. The first-order valence-corrected chi connectivity index (χ1v) is 16.6. The molecule has 2 aliphatic carbocycles. The second kappa shape index (κ2) is 11.6. The first kappa shape index (κ1) is 29.8. The van der Waals surface area contributed by atoms with Gasteiger partial charge in [-0.05, 0) is 60.9 Å². The van der Waals surface area contributed by atoms with Crippen molar-refractivity contribution in [3.63, 3.8) is 0 Å². The van der Waals surface area contributed by atoms with Crippen molar-refractivity contribution in [1.82, 2.24) is 19.8 Å². The summed E-state index contributed by atoms with van der Waals surface area (Å²) in [5.74, 6) is 1.50. The fourth-order valence-electron chi connectivity index (χ4n) is 8.10. The second-order valence-corrected chi connectivity index (χ2v) is 13.7. The zero-order chi connectivity index (χ0) is 31.7. The van der Waals surface area contributed by atoms with E-state index in [0.29, 0.717) is 58.3 Å². The summed E-state index contributed by atoms with van der Waals surface area (Å²) >= 11 is 7.11. The minimum Gasteiger partial charge on any atom is -0.481 e. The van der Waals surface area contributed by atoms with E-state index in [4.69, 9.17) is 31.0 Å². The van der Waals surface area contributed by atoms with Crippen molar-refractivity contribution in [3.05, 3.63) is 81.6 Å². The van der Waals surface area contributed by atoms with Gasteiger partial charge in [-0.3, -0.25) is 9.80 Å². The lowest BCUT2D eigenvalue weighted by Gasteiger charge is -2.42. The van der Waals surface area contributed by atoms with E-state index in [1.54, 1.807) is 26.4 Å². The molecule has 2 aliphatic heterocycles. The maximum Gasteiger partial charge on any atom is 0.218 e. The van der Waals surface area contributed by atoms with Gasteiger partial charge in [0.25, 0.3) is 0 Å². The number of hydrogen-bond acceptors (Lipinski definition) is 7. The third-order valence-electron chi connectivity index (χ3n) is 10.3. The van der Waals surface area contributed by atoms with Gasteiger partial charge < -0.3 is 14.6 Å². The largest absolute Gasteiger partial charge is 0.481 e. The molecule has 0 amide bonds. The molecule has 4 heterocycles. The Kier molecular flexibility index (Phi) is 7.52. The van der Waals surface area contributed by atoms with Crippen LogP contribution in [0.1, 0.15) is 54.1 Å². The zero-order valence-electron chi connectivity index (χ0n) is 26.4. The number of aryl methyl sites for hydroxylation is 2. The van der Waals surface area contributed by atoms with Gasteiger partial charge in [0.05, 0.1) is 36.7 Å². The van der Waals surface area contributed by atoms with Gasteiger partial charge in [0.1, 0.15) is 5.82 Å². The molecule has 238 valence electrons. The molecule has 8 rings (SSSR count). The molecule has 0 radical (unpaired) electrons. The van der Waals surface area contributed by atoms with E-state index in [9.17, 15) is 5.11 Å². The molecule has 9 heteroatoms. The number of halogens is 2. The quantitative estimate of drug-likeness (QED) is 0.236. The number of aromatic nitrogens is 2. The van der Waals surface area contributed by atoms with Crippen molar-refractivity contribution >= 4 is 11.6 Å². The summed E-state index contributed by atoms with van der Waals surface area (Å²) in [5.41, 5.74) is 7.98. The van der Waals surface area contributed by atoms with Gasteiger partial charge in [0.15, 0.2) is 0 Å². The van der Waals surface area contributed by atoms with Crippen LogP contribution < -0.4 is 9.47 Å². The number of aliphatic hydroxyl groups excluding tert-OH is 1. The summed E-state index contributed by atoms with van der Waals surface area (Å²) in [7, 11) is 3.29. The molecule has 4 aliphatic rings. The number of fused-ring (bicyclic) bond motifs is 2. The van der Waals surface area contributed by atoms with E-state index >= 15 is 4.39 Å². The maximum absolute atomic E-state index is 16.5. The smallest absolute Gasteiger partial charge is 0.218 e. The monoisotopic (exact) mass is 640 g/mol. The summed E-state index contributed by atoms with van der Waals surface area (Å²) < 4.78 is 28.1. The summed E-state index contributed by atoms with van der Waals surface area (Å²) in [6.45, 7) is 5.79. The Morgan fingerprint density at radius 3 is 1.80 bits per heavy atom. The van der Waals surface area contributed by atoms with E-state index in [1.165, 1.54) is 11.1 Å². The molecule has 0 spiro atoms. The molecule has 4 aromatic rings. The van der Waals surface area contributed by atoms with Crippen LogP contribution in [-0.4, -0.2) is 71.4 Å². The average Bonchev–Trinajstić information content (AvgIpc) is 3.65. The van der Waals surface area contributed by atoms with Crippen LogP contribution in [0.5, 0.6) is 11.8 Å². The Balaban J connectivity index is 1.15. The molecular weight excluding hydrogens is 603 g/mol. The van der Waals surface area contributed by atoms with Crippen LogP contribution in [0.15, 0.2) is 48.5 Å². The maximum atomic E-state index is 16.5. The standard InChI is InChI=1S/C37H38ClFN4O3/c1-20-16-42(17-20)30-12-10-21-14-28(40-36(45-2)32(21)30)26-8-4-6-24(34(26)38)25-7-5-9-27(35(25)39)29-15-22-11-13-31(43-18-23(44)19-43)33(22)37(41-29)46-3/h4-9,14-15,20,23,30-31,44H,10-13,16-19H2,1-3H3/t30-,31+/m1/s1. The highest BCUT2D eigenvalue weighted by Crippen LogP contribution is 2.47. The highest BCUT2D eigenvalue weighted by Gasteiger charge is 2.39. The topological polar surface area (TPSA) is 71.0 Å². The minimum atomic E-state index is -0.387. The lowest BCUT2D eigenvalue weighted by molar-refractivity contribution is -0.0256. The molecule has 2 aromatic heterocycles. The highest BCUT2D eigenvalue weighted by molar-refractivity contribution is 6.36. The fraction of sp³-hybridized carbons (Fsp3) is 0.405. The number of likely N-dealkylation sites (tertiary alicyclic amines) is 2. The molecule has 2 fully saturated rings. The van der Waals surface area contributed by atoms with Crippen LogP contribution in [0.4, 0.5) is 4.39 Å². The highest BCUT2D eigenvalue weighted by atomic mass is 35.5. The van der Waals surface area contributed by atoms with Crippen LogP contribution in [0.2, 0.25) is 5.02 Å². The number of β-amino-alcohol motifs (C(OH)–C–C–N with tert-alkyl or cyclic N) is 1. The predicted octanol–water partition coefficient (Wildman–Crippen LogP) is 6.89. The number of rotatable bonds is 7. The first-order chi connectivity index (χ1) is 22.3. The summed E-state index contributed by atoms with van der Waals surface area (Å²) in [5, 5.41) is 10.3. The summed E-state index contributed by atoms with van der Waals surface area (Å²) in [4.78, 5) is 14.5. The Morgan fingerprint density at radius 2 is 1.26 bits per heavy atom. The van der Waals surface area contributed by atoms with Gasteiger partial charge in [-0.2, -0.15) is 0 Å². The number of ether oxygens (including phenoxy) is 2. The molecule has 2 atom stereocenters. The number of aliphatic hydroxyl groups is 1. The Labute approximate surface area is 274 Å². The molecule has 7 nitrogen and oxygen atoms in total. The Hall–Kier alpha value is -3.56. The molecule has 0 bridgehead atoms. The number of nitrogens with zero attached hydrogens (tertiary/aromatic N) is 4. The van der Waals surface area contributed by atoms with Crippen molar-refractivity contribution in [1.29, 1.82) is 0 Å². The van der Waals surface area contributed by atoms with Gasteiger partial charge in [-0.15, -0.1) is 0 Å². The van der Waals surface area contributed by atoms with Gasteiger partial charge in [-0.1, -0.05) is 48.9 Å². The van der Waals surface area contributed by atoms with Gasteiger partial charge in [0, 0.05) is 71.6 Å². The zero-order valence-corrected chi connectivity index (χ0v) is 27.1. The van der Waals surface area contributed by atoms with Crippen molar-refractivity contribution in [2.75, 3.05) is 40.4 Å². The summed E-state index contributed by atoms with van der Waals surface area (Å²) in [6, 6.07) is 15.7. The van der Waals surface area contributed by atoms with Crippen molar-refractivity contribution < 1.29 is 19.0 Å². The van der Waals surface area contributed by atoms with Gasteiger partial charge >= 0.3 is 0 Å². The number of hydrogen-bond donors (Lipinski definition) is 1. The minimum absolute atomic E-state index is 0.157. The third kappa shape index (κ3) is 4.80. The van der Waals surface area contributed by atoms with E-state index in [2.05, 4.69) is 22.8 Å². The molecule has 46 heavy (non-hydrogen) atoms. The number of benzene rings is 2. The molecule has 2 saturated heterocycles. The van der Waals surface area contributed by atoms with Crippen LogP contribution in [-0.2, 0) is 12.8 Å². The fourth-order valence-corrected chi connectivity index (χ4v) is 8.43. The van der Waals surface area contributed by atoms with Crippen LogP contribution in [0.3, 0.4) is 0 Å². The van der Waals surface area contributed by atoms with Crippen LogP contribution >= 0.6 is 11.6 Å². The molecule has 0 saturated carbocycles. The number of pyridine rings is 2. The molecule has 2 aromatic carbocycles. The van der Waals surface area contributed by atoms with Crippen molar-refractivity contribution in [2.45, 2.75) is 50.8 Å². The average molecular weight is 641 g/mol. The van der Waals surface area contributed by atoms with E-state index in [1.807, 2.05) is 30.3 Å². The van der Waals surface area contributed by atoms with E-state index < -0.39 is 0 Å². The van der Waals surface area contributed by atoms with E-state index in [0.717, 1.165) is 67.1 Å². The summed E-state index contributed by atoms with van der Waals surface area (Å²) in [6.07, 6.45) is 3.51. The lowest BCUT2D eigenvalue weighted by atomic mass is 9.95.